The lowest BCUT2D eigenvalue weighted by Crippen LogP contribution is -2.05. The zero-order valence-electron chi connectivity index (χ0n) is 10.4. The van der Waals surface area contributed by atoms with E-state index >= 15 is 0 Å². The van der Waals surface area contributed by atoms with Crippen molar-refractivity contribution in [3.8, 4) is 5.75 Å². The molecule has 0 saturated heterocycles. The monoisotopic (exact) mass is 300 g/mol. The van der Waals surface area contributed by atoms with E-state index in [1.807, 2.05) is 0 Å². The van der Waals surface area contributed by atoms with E-state index in [-0.39, 0.29) is 0 Å². The number of nitrogens with two attached hydrogens (primary N) is 1. The Kier molecular flexibility index (Phi) is 4.08. The molecule has 106 valence electrons. The molecule has 0 saturated carbocycles. The Morgan fingerprint density at radius 2 is 1.95 bits per heavy atom. The highest BCUT2D eigenvalue weighted by Crippen LogP contribution is 2.33. The summed E-state index contributed by atoms with van der Waals surface area (Å²) in [7, 11) is 1.50. The van der Waals surface area contributed by atoms with Crippen molar-refractivity contribution in [3.05, 3.63) is 42.1 Å². The van der Waals surface area contributed by atoms with Crippen molar-refractivity contribution in [3.63, 3.8) is 0 Å². The summed E-state index contributed by atoms with van der Waals surface area (Å²) in [5.41, 5.74) is 5.42. The van der Waals surface area contributed by atoms with Gasteiger partial charge in [-0.25, -0.2) is 4.98 Å². The molecule has 2 N–H and O–H groups in total. The molecule has 0 bridgehead atoms. The number of aromatic nitrogens is 1. The summed E-state index contributed by atoms with van der Waals surface area (Å²) in [5.74, 6) is 0.516. The molecular weight excluding hydrogens is 289 g/mol. The first-order valence-corrected chi connectivity index (χ1v) is 6.36. The maximum Gasteiger partial charge on any atom is 0.417 e. The van der Waals surface area contributed by atoms with E-state index in [9.17, 15) is 13.2 Å². The normalized spacial score (nSPS) is 11.4. The average Bonchev–Trinajstić information content (AvgIpc) is 2.40. The summed E-state index contributed by atoms with van der Waals surface area (Å²) in [6.45, 7) is 0. The first-order valence-electron chi connectivity index (χ1n) is 5.55. The summed E-state index contributed by atoms with van der Waals surface area (Å²) in [6.07, 6.45) is -3.56. The SMILES string of the molecule is COc1cc(Sc2ccc(C(F)(F)F)cn2)ccc1N. The minimum atomic E-state index is -4.37. The standard InChI is InChI=1S/C13H11F3N2OS/c1-19-11-6-9(3-4-10(11)17)20-12-5-2-8(7-18-12)13(14,15)16/h2-7H,17H2,1H3. The van der Waals surface area contributed by atoms with Gasteiger partial charge in [-0.05, 0) is 30.3 Å². The molecule has 0 aliphatic heterocycles. The number of rotatable bonds is 3. The lowest BCUT2D eigenvalue weighted by molar-refractivity contribution is -0.137. The van der Waals surface area contributed by atoms with Gasteiger partial charge in [0.05, 0.1) is 18.4 Å². The topological polar surface area (TPSA) is 48.1 Å². The average molecular weight is 300 g/mol. The maximum atomic E-state index is 12.4. The summed E-state index contributed by atoms with van der Waals surface area (Å²) < 4.78 is 42.3. The number of nitrogens with zero attached hydrogens (tertiary/aromatic N) is 1. The quantitative estimate of drug-likeness (QED) is 0.875. The van der Waals surface area contributed by atoms with Gasteiger partial charge in [0, 0.05) is 11.1 Å². The Bertz CT molecular complexity index is 600. The van der Waals surface area contributed by atoms with Crippen LogP contribution in [0.3, 0.4) is 0 Å². The predicted molar refractivity (Wildman–Crippen MR) is 70.8 cm³/mol. The van der Waals surface area contributed by atoms with Crippen LogP contribution in [0.25, 0.3) is 0 Å². The molecule has 20 heavy (non-hydrogen) atoms. The van der Waals surface area contributed by atoms with Crippen molar-refractivity contribution in [1.82, 2.24) is 4.98 Å². The number of halogens is 3. The van der Waals surface area contributed by atoms with Gasteiger partial charge in [-0.1, -0.05) is 11.8 Å². The number of methoxy groups -OCH3 is 1. The van der Waals surface area contributed by atoms with Crippen molar-refractivity contribution in [2.45, 2.75) is 16.1 Å². The lowest BCUT2D eigenvalue weighted by atomic mass is 10.3. The number of anilines is 1. The first kappa shape index (κ1) is 14.5. The number of ether oxygens (including phenoxy) is 1. The van der Waals surface area contributed by atoms with Crippen LogP contribution in [0.4, 0.5) is 18.9 Å². The molecule has 1 heterocycles. The van der Waals surface area contributed by atoms with E-state index in [4.69, 9.17) is 10.5 Å². The van der Waals surface area contributed by atoms with E-state index in [0.29, 0.717) is 16.5 Å². The van der Waals surface area contributed by atoms with Crippen LogP contribution in [-0.2, 0) is 6.18 Å². The number of pyridine rings is 1. The van der Waals surface area contributed by atoms with E-state index < -0.39 is 11.7 Å². The molecule has 0 spiro atoms. The Morgan fingerprint density at radius 1 is 1.20 bits per heavy atom. The fourth-order valence-electron chi connectivity index (χ4n) is 1.48. The van der Waals surface area contributed by atoms with Crippen molar-refractivity contribution < 1.29 is 17.9 Å². The molecule has 0 aliphatic carbocycles. The summed E-state index contributed by atoms with van der Waals surface area (Å²) >= 11 is 1.23. The Labute approximate surface area is 118 Å². The van der Waals surface area contributed by atoms with E-state index in [1.54, 1.807) is 18.2 Å². The highest BCUT2D eigenvalue weighted by molar-refractivity contribution is 7.99. The van der Waals surface area contributed by atoms with Gasteiger partial charge in [0.1, 0.15) is 10.8 Å². The minimum absolute atomic E-state index is 0.463. The number of nitrogen functional groups attached to an aromatic ring is 1. The highest BCUT2D eigenvalue weighted by atomic mass is 32.2. The largest absolute Gasteiger partial charge is 0.495 e. The van der Waals surface area contributed by atoms with E-state index in [1.165, 1.54) is 24.9 Å². The van der Waals surface area contributed by atoms with Crippen LogP contribution in [-0.4, -0.2) is 12.1 Å². The van der Waals surface area contributed by atoms with Gasteiger partial charge in [0.25, 0.3) is 0 Å². The van der Waals surface area contributed by atoms with Gasteiger partial charge in [-0.2, -0.15) is 13.2 Å². The fourth-order valence-corrected chi connectivity index (χ4v) is 2.27. The Balaban J connectivity index is 2.18. The second kappa shape index (κ2) is 5.62. The minimum Gasteiger partial charge on any atom is -0.495 e. The molecule has 7 heteroatoms. The molecule has 0 aliphatic rings. The molecule has 0 unspecified atom stereocenters. The highest BCUT2D eigenvalue weighted by Gasteiger charge is 2.30. The van der Waals surface area contributed by atoms with Crippen molar-refractivity contribution in [1.29, 1.82) is 0 Å². The Hall–Kier alpha value is -1.89. The molecule has 0 radical (unpaired) electrons. The number of alkyl halides is 3. The molecule has 1 aromatic carbocycles. The number of hydrogen-bond acceptors (Lipinski definition) is 4. The molecule has 0 fully saturated rings. The Morgan fingerprint density at radius 3 is 2.50 bits per heavy atom. The van der Waals surface area contributed by atoms with Gasteiger partial charge in [-0.15, -0.1) is 0 Å². The third-order valence-electron chi connectivity index (χ3n) is 2.49. The van der Waals surface area contributed by atoms with Crippen LogP contribution < -0.4 is 10.5 Å². The predicted octanol–water partition coefficient (Wildman–Crippen LogP) is 3.84. The van der Waals surface area contributed by atoms with Crippen molar-refractivity contribution in [2.75, 3.05) is 12.8 Å². The summed E-state index contributed by atoms with van der Waals surface area (Å²) in [6, 6.07) is 7.46. The van der Waals surface area contributed by atoms with Crippen LogP contribution in [0.1, 0.15) is 5.56 Å². The summed E-state index contributed by atoms with van der Waals surface area (Å²) in [4.78, 5) is 4.57. The molecule has 0 amide bonds. The zero-order chi connectivity index (χ0) is 14.8. The van der Waals surface area contributed by atoms with E-state index in [2.05, 4.69) is 4.98 Å². The molecule has 3 nitrogen and oxygen atoms in total. The summed E-state index contributed by atoms with van der Waals surface area (Å²) in [5, 5.41) is 0.463. The van der Waals surface area contributed by atoms with Gasteiger partial charge in [0.2, 0.25) is 0 Å². The molecular formula is C13H11F3N2OS. The van der Waals surface area contributed by atoms with Gasteiger partial charge >= 0.3 is 6.18 Å². The fraction of sp³-hybridized carbons (Fsp3) is 0.154. The molecule has 2 aromatic rings. The van der Waals surface area contributed by atoms with Crippen LogP contribution in [0, 0.1) is 0 Å². The van der Waals surface area contributed by atoms with Crippen LogP contribution in [0.5, 0.6) is 5.75 Å². The van der Waals surface area contributed by atoms with Crippen LogP contribution >= 0.6 is 11.8 Å². The van der Waals surface area contributed by atoms with E-state index in [0.717, 1.165) is 17.2 Å². The van der Waals surface area contributed by atoms with Gasteiger partial charge < -0.3 is 10.5 Å². The van der Waals surface area contributed by atoms with Gasteiger partial charge in [0.15, 0.2) is 0 Å². The van der Waals surface area contributed by atoms with Crippen LogP contribution in [0.15, 0.2) is 46.5 Å². The third-order valence-corrected chi connectivity index (χ3v) is 3.43. The molecule has 1 aromatic heterocycles. The lowest BCUT2D eigenvalue weighted by Gasteiger charge is -2.08. The number of hydrogen-bond donors (Lipinski definition) is 1. The molecule has 2 rings (SSSR count). The second-order valence-corrected chi connectivity index (χ2v) is 4.98. The number of benzene rings is 1. The molecule has 0 atom stereocenters. The maximum absolute atomic E-state index is 12.4. The van der Waals surface area contributed by atoms with Crippen molar-refractivity contribution in [2.24, 2.45) is 0 Å². The third kappa shape index (κ3) is 3.36. The smallest absolute Gasteiger partial charge is 0.417 e. The van der Waals surface area contributed by atoms with Gasteiger partial charge in [-0.3, -0.25) is 0 Å². The second-order valence-electron chi connectivity index (χ2n) is 3.89. The zero-order valence-corrected chi connectivity index (χ0v) is 11.3. The van der Waals surface area contributed by atoms with Crippen LogP contribution in [0.2, 0.25) is 0 Å². The first-order chi connectivity index (χ1) is 9.40. The van der Waals surface area contributed by atoms with Crippen molar-refractivity contribution >= 4 is 17.4 Å².